The molecule has 0 saturated carbocycles. The molecule has 0 amide bonds. The highest BCUT2D eigenvalue weighted by Gasteiger charge is 2.21. The third-order valence-electron chi connectivity index (χ3n) is 6.39. The van der Waals surface area contributed by atoms with Gasteiger partial charge in [0.2, 0.25) is 0 Å². The zero-order chi connectivity index (χ0) is 24.5. The number of fused-ring (bicyclic) bond motifs is 1. The predicted molar refractivity (Wildman–Crippen MR) is 138 cm³/mol. The Morgan fingerprint density at radius 3 is 2.63 bits per heavy atom. The van der Waals surface area contributed by atoms with Crippen molar-refractivity contribution in [2.45, 2.75) is 39.7 Å². The third kappa shape index (κ3) is 4.23. The molecule has 0 aliphatic carbocycles. The molecular weight excluding hydrogens is 436 g/mol. The van der Waals surface area contributed by atoms with Crippen LogP contribution in [0.25, 0.3) is 33.3 Å². The van der Waals surface area contributed by atoms with Gasteiger partial charge in [-0.2, -0.15) is 0 Å². The molecule has 0 aliphatic heterocycles. The van der Waals surface area contributed by atoms with E-state index in [9.17, 15) is 5.11 Å². The van der Waals surface area contributed by atoms with Crippen LogP contribution in [0.2, 0.25) is 0 Å². The molecule has 1 aromatic carbocycles. The highest BCUT2D eigenvalue weighted by molar-refractivity contribution is 5.95. The summed E-state index contributed by atoms with van der Waals surface area (Å²) in [5.74, 6) is 0.920. The number of pyridine rings is 2. The van der Waals surface area contributed by atoms with Crippen molar-refractivity contribution < 1.29 is 9.63 Å². The molecule has 1 atom stereocenters. The van der Waals surface area contributed by atoms with Crippen molar-refractivity contribution in [1.29, 1.82) is 0 Å². The number of hydrogen-bond acceptors (Lipinski definition) is 5. The monoisotopic (exact) mass is 464 g/mol. The van der Waals surface area contributed by atoms with Crippen LogP contribution in [-0.4, -0.2) is 24.8 Å². The Morgan fingerprint density at radius 2 is 1.94 bits per heavy atom. The maximum atomic E-state index is 9.71. The number of rotatable bonds is 7. The van der Waals surface area contributed by atoms with Gasteiger partial charge in [-0.15, -0.1) is 0 Å². The highest BCUT2D eigenvalue weighted by Crippen LogP contribution is 2.37. The fraction of sp³-hybridized carbons (Fsp3) is 0.207. The van der Waals surface area contributed by atoms with E-state index in [2.05, 4.69) is 58.7 Å². The van der Waals surface area contributed by atoms with Gasteiger partial charge in [0, 0.05) is 41.7 Å². The highest BCUT2D eigenvalue weighted by atomic mass is 16.5. The lowest BCUT2D eigenvalue weighted by Gasteiger charge is -2.18. The van der Waals surface area contributed by atoms with Gasteiger partial charge >= 0.3 is 0 Å². The van der Waals surface area contributed by atoms with E-state index in [0.29, 0.717) is 6.42 Å². The van der Waals surface area contributed by atoms with E-state index in [-0.39, 0.29) is 11.8 Å². The molecule has 0 fully saturated rings. The number of aliphatic hydroxyl groups is 1. The lowest BCUT2D eigenvalue weighted by molar-refractivity contribution is 0.393. The summed E-state index contributed by atoms with van der Waals surface area (Å²) in [6, 6.07) is 16.4. The predicted octanol–water partition coefficient (Wildman–Crippen LogP) is 6.98. The molecule has 1 N–H and O–H groups in total. The van der Waals surface area contributed by atoms with Gasteiger partial charge in [-0.25, -0.2) is 0 Å². The smallest absolute Gasteiger partial charge is 0.141 e. The average molecular weight is 465 g/mol. The molecule has 176 valence electrons. The van der Waals surface area contributed by atoms with Crippen molar-refractivity contribution in [3.8, 4) is 22.3 Å². The van der Waals surface area contributed by atoms with E-state index < -0.39 is 0 Å². The summed E-state index contributed by atoms with van der Waals surface area (Å²) in [6.45, 7) is 9.68. The number of hydrogen-bond donors (Lipinski definition) is 1. The van der Waals surface area contributed by atoms with Crippen molar-refractivity contribution in [2.24, 2.45) is 0 Å². The second-order valence-electron chi connectivity index (χ2n) is 8.86. The van der Waals surface area contributed by atoms with Crippen LogP contribution in [0.15, 0.2) is 84.0 Å². The Labute approximate surface area is 204 Å². The SMILES string of the molecule is C=C(O)Cc1cccc(-c2cn([C@@H](CC)c3ccccn3)c3cc(-c4c(C)noc4C)cnc23)c1. The maximum absolute atomic E-state index is 9.71. The summed E-state index contributed by atoms with van der Waals surface area (Å²) in [5.41, 5.74) is 8.80. The van der Waals surface area contributed by atoms with Gasteiger partial charge in [0.25, 0.3) is 0 Å². The van der Waals surface area contributed by atoms with Crippen molar-refractivity contribution >= 4 is 11.0 Å². The molecule has 5 rings (SSSR count). The van der Waals surface area contributed by atoms with Gasteiger partial charge in [0.05, 0.1) is 34.2 Å². The van der Waals surface area contributed by atoms with Crippen LogP contribution in [0.3, 0.4) is 0 Å². The van der Waals surface area contributed by atoms with Crippen LogP contribution in [0, 0.1) is 13.8 Å². The zero-order valence-electron chi connectivity index (χ0n) is 20.2. The Bertz CT molecular complexity index is 1500. The summed E-state index contributed by atoms with van der Waals surface area (Å²) in [4.78, 5) is 9.60. The number of aromatic nitrogens is 4. The van der Waals surface area contributed by atoms with Crippen molar-refractivity contribution in [2.75, 3.05) is 0 Å². The van der Waals surface area contributed by atoms with Gasteiger partial charge in [0.15, 0.2) is 0 Å². The molecule has 0 radical (unpaired) electrons. The first-order valence-electron chi connectivity index (χ1n) is 11.8. The topological polar surface area (TPSA) is 77.0 Å². The quantitative estimate of drug-likeness (QED) is 0.263. The van der Waals surface area contributed by atoms with Crippen LogP contribution in [0.4, 0.5) is 0 Å². The number of allylic oxidation sites excluding steroid dienone is 1. The van der Waals surface area contributed by atoms with Crippen LogP contribution in [0.1, 0.15) is 42.1 Å². The fourth-order valence-corrected chi connectivity index (χ4v) is 4.83. The second-order valence-corrected chi connectivity index (χ2v) is 8.86. The van der Waals surface area contributed by atoms with E-state index in [1.807, 2.05) is 50.5 Å². The molecule has 4 heterocycles. The summed E-state index contributed by atoms with van der Waals surface area (Å²) in [7, 11) is 0. The van der Waals surface area contributed by atoms with Gasteiger partial charge in [0.1, 0.15) is 5.76 Å². The Morgan fingerprint density at radius 1 is 1.09 bits per heavy atom. The molecule has 0 bridgehead atoms. The van der Waals surface area contributed by atoms with Crippen LogP contribution >= 0.6 is 0 Å². The molecule has 0 spiro atoms. The lowest BCUT2D eigenvalue weighted by atomic mass is 10.0. The Kier molecular flexibility index (Phi) is 5.95. The van der Waals surface area contributed by atoms with E-state index in [0.717, 1.165) is 62.4 Å². The van der Waals surface area contributed by atoms with Gasteiger partial charge < -0.3 is 14.2 Å². The Balaban J connectivity index is 1.74. The normalized spacial score (nSPS) is 12.2. The van der Waals surface area contributed by atoms with Crippen molar-refractivity contribution in [3.63, 3.8) is 0 Å². The Hall–Kier alpha value is -4.19. The van der Waals surface area contributed by atoms with E-state index in [1.165, 1.54) is 0 Å². The summed E-state index contributed by atoms with van der Waals surface area (Å²) in [5, 5.41) is 13.8. The fourth-order valence-electron chi connectivity index (χ4n) is 4.83. The molecule has 4 aromatic heterocycles. The maximum Gasteiger partial charge on any atom is 0.141 e. The second kappa shape index (κ2) is 9.22. The first kappa shape index (κ1) is 22.6. The molecule has 35 heavy (non-hydrogen) atoms. The minimum absolute atomic E-state index is 0.0505. The molecule has 6 nitrogen and oxygen atoms in total. The van der Waals surface area contributed by atoms with Crippen molar-refractivity contribution in [3.05, 3.63) is 102 Å². The van der Waals surface area contributed by atoms with E-state index >= 15 is 0 Å². The molecule has 0 aliphatic rings. The van der Waals surface area contributed by atoms with Gasteiger partial charge in [-0.05, 0) is 49.6 Å². The average Bonchev–Trinajstić information content (AvgIpc) is 3.39. The molecule has 0 saturated heterocycles. The van der Waals surface area contributed by atoms with Crippen LogP contribution < -0.4 is 0 Å². The standard InChI is InChI=1S/C29H28N4O2/c1-5-26(25-11-6-7-12-30-25)33-17-24(22-10-8-9-21(14-22)13-18(2)34)29-27(33)15-23(16-31-29)28-19(3)32-35-20(28)4/h6-12,14-17,26,34H,2,5,13H2,1,3-4H3/t26-/m0/s1. The number of benzene rings is 1. The molecule has 5 aromatic rings. The molecule has 6 heteroatoms. The summed E-state index contributed by atoms with van der Waals surface area (Å²) >= 11 is 0. The number of aryl methyl sites for hydroxylation is 2. The largest absolute Gasteiger partial charge is 0.513 e. The van der Waals surface area contributed by atoms with Crippen LogP contribution in [-0.2, 0) is 6.42 Å². The van der Waals surface area contributed by atoms with Crippen molar-refractivity contribution in [1.82, 2.24) is 19.7 Å². The van der Waals surface area contributed by atoms with Crippen LogP contribution in [0.5, 0.6) is 0 Å². The molecule has 0 unspecified atom stereocenters. The molecular formula is C29H28N4O2. The third-order valence-corrected chi connectivity index (χ3v) is 6.39. The number of nitrogens with zero attached hydrogens (tertiary/aromatic N) is 4. The summed E-state index contributed by atoms with van der Waals surface area (Å²) < 4.78 is 7.70. The summed E-state index contributed by atoms with van der Waals surface area (Å²) in [6.07, 6.45) is 7.19. The number of aliphatic hydroxyl groups excluding tert-OH is 1. The minimum Gasteiger partial charge on any atom is -0.513 e. The van der Waals surface area contributed by atoms with Gasteiger partial charge in [-0.3, -0.25) is 9.97 Å². The zero-order valence-corrected chi connectivity index (χ0v) is 20.2. The lowest BCUT2D eigenvalue weighted by Crippen LogP contribution is -2.10. The first-order valence-corrected chi connectivity index (χ1v) is 11.8. The van der Waals surface area contributed by atoms with E-state index in [4.69, 9.17) is 9.51 Å². The van der Waals surface area contributed by atoms with E-state index in [1.54, 1.807) is 0 Å². The minimum atomic E-state index is 0.0505. The first-order chi connectivity index (χ1) is 17.0. The van der Waals surface area contributed by atoms with Gasteiger partial charge in [-0.1, -0.05) is 49.0 Å².